The normalized spacial score (nSPS) is 15.0. The second kappa shape index (κ2) is 9.43. The number of halogens is 1. The van der Waals surface area contributed by atoms with Crippen molar-refractivity contribution in [2.75, 3.05) is 18.4 Å². The number of thiazole rings is 1. The van der Waals surface area contributed by atoms with Gasteiger partial charge in [-0.05, 0) is 78.5 Å². The maximum absolute atomic E-state index is 12.8. The number of nitrogens with zero attached hydrogens (tertiary/aromatic N) is 2. The summed E-state index contributed by atoms with van der Waals surface area (Å²) in [5, 5.41) is 3.30. The molecule has 2 aromatic carbocycles. The summed E-state index contributed by atoms with van der Waals surface area (Å²) in [5.74, 6) is -0.333. The molecule has 1 aromatic heterocycles. The van der Waals surface area contributed by atoms with E-state index in [0.717, 1.165) is 45.4 Å². The molecule has 0 aliphatic carbocycles. The predicted octanol–water partition coefficient (Wildman–Crippen LogP) is 5.62. The van der Waals surface area contributed by atoms with Gasteiger partial charge in [0.15, 0.2) is 5.13 Å². The number of aromatic nitrogens is 1. The summed E-state index contributed by atoms with van der Waals surface area (Å²) in [5.41, 5.74) is 4.42. The van der Waals surface area contributed by atoms with E-state index in [0.29, 0.717) is 23.8 Å². The van der Waals surface area contributed by atoms with Crippen molar-refractivity contribution in [2.45, 2.75) is 38.0 Å². The molecule has 1 aliphatic rings. The number of rotatable bonds is 5. The van der Waals surface area contributed by atoms with Gasteiger partial charge in [0.1, 0.15) is 0 Å². The number of sulfonamides is 1. The monoisotopic (exact) mass is 533 g/mol. The van der Waals surface area contributed by atoms with Gasteiger partial charge < -0.3 is 0 Å². The summed E-state index contributed by atoms with van der Waals surface area (Å²) < 4.78 is 28.0. The molecule has 0 radical (unpaired) electrons. The summed E-state index contributed by atoms with van der Waals surface area (Å²) in [7, 11) is -3.52. The van der Waals surface area contributed by atoms with Crippen LogP contribution in [0.5, 0.6) is 0 Å². The summed E-state index contributed by atoms with van der Waals surface area (Å²) >= 11 is 4.91. The van der Waals surface area contributed by atoms with Crippen LogP contribution in [0.3, 0.4) is 0 Å². The van der Waals surface area contributed by atoms with E-state index in [-0.39, 0.29) is 10.8 Å². The van der Waals surface area contributed by atoms with Gasteiger partial charge in [0.25, 0.3) is 5.91 Å². The quantitative estimate of drug-likeness (QED) is 0.461. The summed E-state index contributed by atoms with van der Waals surface area (Å²) in [6, 6.07) is 12.3. The van der Waals surface area contributed by atoms with Crippen LogP contribution in [0, 0.1) is 13.8 Å². The van der Waals surface area contributed by atoms with Gasteiger partial charge in [-0.1, -0.05) is 35.5 Å². The molecule has 0 atom stereocenters. The maximum Gasteiger partial charge on any atom is 0.257 e. The van der Waals surface area contributed by atoms with Crippen molar-refractivity contribution < 1.29 is 13.2 Å². The van der Waals surface area contributed by atoms with Crippen LogP contribution >= 0.6 is 27.3 Å². The summed E-state index contributed by atoms with van der Waals surface area (Å²) in [6.45, 7) is 5.15. The Morgan fingerprint density at radius 1 is 1.06 bits per heavy atom. The molecular formula is C23H24BrN3O3S2. The number of benzene rings is 2. The smallest absolute Gasteiger partial charge is 0.257 e. The average molecular weight is 535 g/mol. The molecular weight excluding hydrogens is 510 g/mol. The van der Waals surface area contributed by atoms with Crippen LogP contribution in [-0.2, 0) is 10.0 Å². The van der Waals surface area contributed by atoms with Crippen LogP contribution in [0.1, 0.15) is 40.7 Å². The third kappa shape index (κ3) is 4.80. The number of amides is 1. The fourth-order valence-corrected chi connectivity index (χ4v) is 6.70. The highest BCUT2D eigenvalue weighted by molar-refractivity contribution is 9.11. The molecule has 1 amide bonds. The first-order valence-corrected chi connectivity index (χ1v) is 13.5. The third-order valence-corrected chi connectivity index (χ3v) is 9.06. The largest absolute Gasteiger partial charge is 0.298 e. The first kappa shape index (κ1) is 23.1. The minimum atomic E-state index is -3.52. The van der Waals surface area contributed by atoms with Crippen LogP contribution < -0.4 is 5.32 Å². The molecule has 0 saturated carbocycles. The lowest BCUT2D eigenvalue weighted by molar-refractivity contribution is 0.102. The third-order valence-electron chi connectivity index (χ3n) is 5.52. The van der Waals surface area contributed by atoms with Crippen molar-refractivity contribution in [3.8, 4) is 11.3 Å². The number of carbonyl (C=O) groups excluding carboxylic acids is 1. The van der Waals surface area contributed by atoms with E-state index < -0.39 is 10.0 Å². The van der Waals surface area contributed by atoms with E-state index in [2.05, 4.69) is 38.4 Å². The van der Waals surface area contributed by atoms with Crippen molar-refractivity contribution >= 4 is 48.3 Å². The summed E-state index contributed by atoms with van der Waals surface area (Å²) in [4.78, 5) is 17.6. The molecule has 0 unspecified atom stereocenters. The zero-order valence-electron chi connectivity index (χ0n) is 17.9. The topological polar surface area (TPSA) is 79.4 Å². The fourth-order valence-electron chi connectivity index (χ4n) is 3.71. The van der Waals surface area contributed by atoms with E-state index in [1.165, 1.54) is 27.8 Å². The lowest BCUT2D eigenvalue weighted by Gasteiger charge is -2.25. The van der Waals surface area contributed by atoms with Gasteiger partial charge in [-0.25, -0.2) is 13.4 Å². The Bertz CT molecular complexity index is 1250. The van der Waals surface area contributed by atoms with E-state index in [1.54, 1.807) is 12.1 Å². The molecule has 0 spiro atoms. The SMILES string of the molecule is Cc1ccc(C)c(-c2nc(NC(=O)c3ccc(S(=O)(=O)N4CCCCC4)cc3)sc2Br)c1. The molecule has 1 fully saturated rings. The van der Waals surface area contributed by atoms with Crippen molar-refractivity contribution in [3.05, 3.63) is 62.9 Å². The molecule has 4 rings (SSSR count). The first-order valence-electron chi connectivity index (χ1n) is 10.4. The summed E-state index contributed by atoms with van der Waals surface area (Å²) in [6.07, 6.45) is 2.82. The molecule has 1 N–H and O–H groups in total. The Labute approximate surface area is 200 Å². The molecule has 168 valence electrons. The highest BCUT2D eigenvalue weighted by Gasteiger charge is 2.26. The molecule has 2 heterocycles. The molecule has 1 aliphatic heterocycles. The van der Waals surface area contributed by atoms with Crippen LogP contribution in [0.2, 0.25) is 0 Å². The zero-order valence-corrected chi connectivity index (χ0v) is 21.1. The Balaban J connectivity index is 1.51. The maximum atomic E-state index is 12.8. The molecule has 3 aromatic rings. The highest BCUT2D eigenvalue weighted by Crippen LogP contribution is 2.37. The Morgan fingerprint density at radius 2 is 1.75 bits per heavy atom. The molecule has 32 heavy (non-hydrogen) atoms. The second-order valence-corrected chi connectivity index (χ2v) is 12.2. The van der Waals surface area contributed by atoms with Crippen LogP contribution in [-0.4, -0.2) is 36.7 Å². The van der Waals surface area contributed by atoms with E-state index in [1.807, 2.05) is 19.9 Å². The van der Waals surface area contributed by atoms with Crippen LogP contribution in [0.25, 0.3) is 11.3 Å². The number of piperidine rings is 1. The van der Waals surface area contributed by atoms with Crippen molar-refractivity contribution in [1.29, 1.82) is 0 Å². The number of carbonyl (C=O) groups is 1. The van der Waals surface area contributed by atoms with Crippen LogP contribution in [0.4, 0.5) is 5.13 Å². The van der Waals surface area contributed by atoms with Crippen molar-refractivity contribution in [1.82, 2.24) is 9.29 Å². The molecule has 1 saturated heterocycles. The van der Waals surface area contributed by atoms with Crippen LogP contribution in [0.15, 0.2) is 51.1 Å². The van der Waals surface area contributed by atoms with E-state index in [9.17, 15) is 13.2 Å². The average Bonchev–Trinajstić information content (AvgIpc) is 3.15. The minimum absolute atomic E-state index is 0.213. The molecule has 0 bridgehead atoms. The Morgan fingerprint density at radius 3 is 2.44 bits per heavy atom. The standard InChI is InChI=1S/C23H24BrN3O3S2/c1-15-6-7-16(2)19(14-15)20-21(24)31-23(25-20)26-22(28)17-8-10-18(11-9-17)32(29,30)27-12-4-3-5-13-27/h6-11,14H,3-5,12-13H2,1-2H3,(H,25,26,28). The lowest BCUT2D eigenvalue weighted by atomic mass is 10.0. The molecule has 9 heteroatoms. The zero-order chi connectivity index (χ0) is 22.9. The minimum Gasteiger partial charge on any atom is -0.298 e. The number of nitrogens with one attached hydrogen (secondary N) is 1. The Kier molecular flexibility index (Phi) is 6.80. The van der Waals surface area contributed by atoms with Gasteiger partial charge >= 0.3 is 0 Å². The predicted molar refractivity (Wildman–Crippen MR) is 132 cm³/mol. The Hall–Kier alpha value is -2.07. The number of hydrogen-bond donors (Lipinski definition) is 1. The van der Waals surface area contributed by atoms with Gasteiger partial charge in [-0.3, -0.25) is 10.1 Å². The number of anilines is 1. The highest BCUT2D eigenvalue weighted by atomic mass is 79.9. The van der Waals surface area contributed by atoms with Gasteiger partial charge in [0, 0.05) is 24.2 Å². The van der Waals surface area contributed by atoms with E-state index in [4.69, 9.17) is 0 Å². The number of aryl methyl sites for hydroxylation is 2. The van der Waals surface area contributed by atoms with Crippen molar-refractivity contribution in [2.24, 2.45) is 0 Å². The first-order chi connectivity index (χ1) is 15.3. The lowest BCUT2D eigenvalue weighted by Crippen LogP contribution is -2.35. The van der Waals surface area contributed by atoms with Gasteiger partial charge in [-0.2, -0.15) is 4.31 Å². The van der Waals surface area contributed by atoms with E-state index >= 15 is 0 Å². The second-order valence-electron chi connectivity index (χ2n) is 7.90. The fraction of sp³-hybridized carbons (Fsp3) is 0.304. The van der Waals surface area contributed by atoms with Crippen molar-refractivity contribution in [3.63, 3.8) is 0 Å². The number of hydrogen-bond acceptors (Lipinski definition) is 5. The molecule has 6 nitrogen and oxygen atoms in total. The van der Waals surface area contributed by atoms with Gasteiger partial charge in [-0.15, -0.1) is 0 Å². The van der Waals surface area contributed by atoms with Gasteiger partial charge in [0.05, 0.1) is 14.4 Å². The van der Waals surface area contributed by atoms with Gasteiger partial charge in [0.2, 0.25) is 10.0 Å².